The van der Waals surface area contributed by atoms with Crippen molar-refractivity contribution in [3.05, 3.63) is 18.7 Å². The van der Waals surface area contributed by atoms with Gasteiger partial charge in [0.05, 0.1) is 0 Å². The van der Waals surface area contributed by atoms with E-state index in [1.807, 2.05) is 12.4 Å². The van der Waals surface area contributed by atoms with Crippen molar-refractivity contribution in [3.63, 3.8) is 0 Å². The summed E-state index contributed by atoms with van der Waals surface area (Å²) >= 11 is 0.815. The van der Waals surface area contributed by atoms with Crippen molar-refractivity contribution >= 4 is 28.9 Å². The van der Waals surface area contributed by atoms with E-state index in [2.05, 4.69) is 13.0 Å². The number of H-pyrrole nitrogens is 2. The number of aromatic amines is 2. The molecule has 0 radical (unpaired) electrons. The molecule has 1 rings (SSSR count). The van der Waals surface area contributed by atoms with Gasteiger partial charge in [-0.1, -0.05) is 0 Å². The van der Waals surface area contributed by atoms with Gasteiger partial charge in [-0.05, 0) is 0 Å². The fourth-order valence-electron chi connectivity index (χ4n) is 0.241. The van der Waals surface area contributed by atoms with Gasteiger partial charge in [-0.3, -0.25) is 9.97 Å². The Morgan fingerprint density at radius 2 is 2.40 bits per heavy atom. The first kappa shape index (κ1) is 9.48. The number of aromatic nitrogens is 2. The summed E-state index contributed by atoms with van der Waals surface area (Å²) in [7, 11) is 0. The molecule has 0 unspecified atom stereocenters. The number of hydrogen-bond donors (Lipinski definition) is 1. The van der Waals surface area contributed by atoms with Crippen molar-refractivity contribution in [1.82, 2.24) is 4.98 Å². The standard InChI is InChI=1S/C3H4N2.C2H4O2.Sn/c1-2-5-3-4-1;1-2(3)4;/h1-3H,(H,4,5);1H3,(H,3,4);/q;;+4. The molecule has 0 fully saturated rings. The van der Waals surface area contributed by atoms with Crippen molar-refractivity contribution in [2.24, 2.45) is 0 Å². The Labute approximate surface area is 72.6 Å². The predicted octanol–water partition coefficient (Wildman–Crippen LogP) is -0.538. The molecule has 4 nitrogen and oxygen atoms in total. The van der Waals surface area contributed by atoms with E-state index in [0.717, 1.165) is 22.9 Å². The molecule has 0 aliphatic rings. The minimum atomic E-state index is -0.205. The van der Waals surface area contributed by atoms with Gasteiger partial charge in [0.15, 0.2) is 0 Å². The van der Waals surface area contributed by atoms with Crippen molar-refractivity contribution in [3.8, 4) is 0 Å². The normalized spacial score (nSPS) is 7.50. The van der Waals surface area contributed by atoms with Gasteiger partial charge in [0, 0.05) is 0 Å². The summed E-state index contributed by atoms with van der Waals surface area (Å²) in [5, 5.41) is 0. The smallest absolute Gasteiger partial charge is 0.239 e. The van der Waals surface area contributed by atoms with Crippen LogP contribution in [0, 0.1) is 0 Å². The van der Waals surface area contributed by atoms with Crippen LogP contribution in [0.1, 0.15) is 6.92 Å². The third-order valence-corrected chi connectivity index (χ3v) is 1.41. The molecule has 1 aromatic heterocycles. The summed E-state index contributed by atoms with van der Waals surface area (Å²) in [6.07, 6.45) is 5.39. The van der Waals surface area contributed by atoms with E-state index in [4.69, 9.17) is 0 Å². The molecule has 0 saturated heterocycles. The molecule has 0 aliphatic heterocycles. The number of carbonyl (C=O) groups is 1. The Morgan fingerprint density at radius 1 is 1.80 bits per heavy atom. The third-order valence-electron chi connectivity index (χ3n) is 0.586. The van der Waals surface area contributed by atoms with Gasteiger partial charge in [-0.2, -0.15) is 0 Å². The molecule has 1 heterocycles. The van der Waals surface area contributed by atoms with E-state index in [1.165, 1.54) is 6.92 Å². The maximum Gasteiger partial charge on any atom is 0.239 e. The summed E-state index contributed by atoms with van der Waals surface area (Å²) in [5.41, 5.74) is 0. The van der Waals surface area contributed by atoms with Crippen LogP contribution in [0.4, 0.5) is 0 Å². The summed E-state index contributed by atoms with van der Waals surface area (Å²) < 4.78 is 4.20. The topological polar surface area (TPSA) is 56.2 Å². The van der Waals surface area contributed by atoms with Crippen molar-refractivity contribution in [2.45, 2.75) is 6.92 Å². The fraction of sp³-hybridized carbons (Fsp3) is 0.200. The number of rotatable bonds is 0. The second kappa shape index (κ2) is 6.60. The maximum atomic E-state index is 9.61. The molecule has 0 atom stereocenters. The molecule has 1 aromatic rings. The first-order valence-corrected chi connectivity index (χ1v) is 3.77. The van der Waals surface area contributed by atoms with Crippen molar-refractivity contribution < 1.29 is 12.9 Å². The van der Waals surface area contributed by atoms with Gasteiger partial charge in [-0.15, -0.1) is 0 Å². The SMILES string of the molecule is CC(=O)[O][Sn+3].c1c[nH+]c[nH]1. The quantitative estimate of drug-likeness (QED) is 0.626. The van der Waals surface area contributed by atoms with E-state index in [-0.39, 0.29) is 5.97 Å². The zero-order valence-corrected chi connectivity index (χ0v) is 8.40. The first-order chi connectivity index (χ1) is 4.77. The zero-order valence-electron chi connectivity index (χ0n) is 5.55. The Bertz CT molecular complexity index is 147. The van der Waals surface area contributed by atoms with E-state index >= 15 is 0 Å². The van der Waals surface area contributed by atoms with Crippen LogP contribution >= 0.6 is 0 Å². The zero-order chi connectivity index (χ0) is 7.82. The monoisotopic (exact) mass is 248 g/mol. The molecule has 0 saturated carbocycles. The maximum absolute atomic E-state index is 9.61. The number of carbonyl (C=O) groups excluding carboxylic acids is 1. The summed E-state index contributed by atoms with van der Waals surface area (Å²) in [5.74, 6) is -0.205. The molecule has 0 bridgehead atoms. The summed E-state index contributed by atoms with van der Waals surface area (Å²) in [6.45, 7) is 1.38. The van der Waals surface area contributed by atoms with Crippen LogP contribution in [0.5, 0.6) is 0 Å². The second-order valence-electron chi connectivity index (χ2n) is 1.40. The number of imidazole rings is 1. The molecule has 50 valence electrons. The van der Waals surface area contributed by atoms with Crippen LogP contribution in [0.3, 0.4) is 0 Å². The van der Waals surface area contributed by atoms with Crippen LogP contribution in [0.15, 0.2) is 18.7 Å². The predicted molar refractivity (Wildman–Crippen MR) is 34.9 cm³/mol. The van der Waals surface area contributed by atoms with Gasteiger partial charge < -0.3 is 0 Å². The van der Waals surface area contributed by atoms with Crippen molar-refractivity contribution in [2.75, 3.05) is 0 Å². The molecular formula is C5H8N2O2Sn+4. The molecule has 2 N–H and O–H groups in total. The molecule has 0 aliphatic carbocycles. The first-order valence-electron chi connectivity index (χ1n) is 2.60. The summed E-state index contributed by atoms with van der Waals surface area (Å²) in [6, 6.07) is 0. The van der Waals surface area contributed by atoms with Crippen LogP contribution in [0.25, 0.3) is 0 Å². The molecule has 0 spiro atoms. The molecular weight excluding hydrogens is 239 g/mol. The van der Waals surface area contributed by atoms with Gasteiger partial charge in [0.1, 0.15) is 12.4 Å². The van der Waals surface area contributed by atoms with E-state index in [1.54, 1.807) is 6.33 Å². The Kier molecular flexibility index (Phi) is 6.25. The minimum Gasteiger partial charge on any atom is -0.250 e. The largest absolute Gasteiger partial charge is 0.250 e. The minimum absolute atomic E-state index is 0.205. The van der Waals surface area contributed by atoms with Crippen LogP contribution in [-0.2, 0) is 7.87 Å². The van der Waals surface area contributed by atoms with Gasteiger partial charge in [0.2, 0.25) is 6.33 Å². The van der Waals surface area contributed by atoms with Crippen LogP contribution in [-0.4, -0.2) is 33.9 Å². The van der Waals surface area contributed by atoms with E-state index in [0.29, 0.717) is 0 Å². The Hall–Kier alpha value is -0.521. The molecule has 0 amide bonds. The third kappa shape index (κ3) is 7.48. The van der Waals surface area contributed by atoms with E-state index in [9.17, 15) is 4.79 Å². The second-order valence-corrected chi connectivity index (χ2v) is 1.99. The van der Waals surface area contributed by atoms with Gasteiger partial charge in [-0.25, -0.2) is 0 Å². The van der Waals surface area contributed by atoms with Gasteiger partial charge >= 0.3 is 43.7 Å². The van der Waals surface area contributed by atoms with Crippen LogP contribution in [0.2, 0.25) is 0 Å². The fourth-order valence-corrected chi connectivity index (χ4v) is 0.241. The Morgan fingerprint density at radius 3 is 2.50 bits per heavy atom. The van der Waals surface area contributed by atoms with E-state index < -0.39 is 0 Å². The molecule has 0 aromatic carbocycles. The average molecular weight is 247 g/mol. The molecule has 5 heteroatoms. The molecule has 10 heavy (non-hydrogen) atoms. The summed E-state index contributed by atoms with van der Waals surface area (Å²) in [4.78, 5) is 15.2. The number of hydrogen-bond acceptors (Lipinski definition) is 2. The van der Waals surface area contributed by atoms with Crippen molar-refractivity contribution in [1.29, 1.82) is 0 Å². The van der Waals surface area contributed by atoms with Crippen LogP contribution < -0.4 is 4.98 Å². The average Bonchev–Trinajstić information content (AvgIpc) is 2.43. The Balaban J connectivity index is 0.000000162. The van der Waals surface area contributed by atoms with Gasteiger partial charge in [0.25, 0.3) is 0 Å². The number of nitrogens with one attached hydrogen (secondary N) is 2.